The fourth-order valence-corrected chi connectivity index (χ4v) is 0. The third-order valence-corrected chi connectivity index (χ3v) is 0.494. The van der Waals surface area contributed by atoms with Gasteiger partial charge in [-0.2, -0.15) is 0 Å². The molecule has 0 spiro atoms. The van der Waals surface area contributed by atoms with Crippen molar-refractivity contribution in [1.82, 2.24) is 0 Å². The van der Waals surface area contributed by atoms with Crippen molar-refractivity contribution in [2.75, 3.05) is 0 Å². The summed E-state index contributed by atoms with van der Waals surface area (Å²) in [7, 11) is 0. The summed E-state index contributed by atoms with van der Waals surface area (Å²) in [6.45, 7) is 3.28. The normalized spacial score (nSPS) is 7.86. The zero-order valence-corrected chi connectivity index (χ0v) is 7.35. The van der Waals surface area contributed by atoms with Crippen LogP contribution in [-0.4, -0.2) is 11.1 Å². The van der Waals surface area contributed by atoms with E-state index in [2.05, 4.69) is 0 Å². The zero-order valence-electron chi connectivity index (χ0n) is 4.51. The first kappa shape index (κ1) is 10.5. The molecule has 0 aromatic carbocycles. The van der Waals surface area contributed by atoms with Crippen LogP contribution in [0.2, 0.25) is 0 Å². The predicted molar refractivity (Wildman–Crippen MR) is 22.5 cm³/mol. The second-order valence-electron chi connectivity index (χ2n) is 1.49. The van der Waals surface area contributed by atoms with E-state index in [4.69, 9.17) is 5.11 Å². The van der Waals surface area contributed by atoms with Crippen molar-refractivity contribution < 1.29 is 42.6 Å². The van der Waals surface area contributed by atoms with Gasteiger partial charge in [0, 0.05) is 32.7 Å². The summed E-state index contributed by atoms with van der Waals surface area (Å²) in [6, 6.07) is 0. The van der Waals surface area contributed by atoms with E-state index in [0.717, 1.165) is 0 Å². The van der Waals surface area contributed by atoms with Crippen molar-refractivity contribution >= 4 is 5.97 Å². The first-order valence-corrected chi connectivity index (χ1v) is 1.87. The number of carboxylic acid groups (broad SMARTS) is 1. The Kier molecular flexibility index (Phi) is 7.11. The Hall–Kier alpha value is 0.574. The van der Waals surface area contributed by atoms with Gasteiger partial charge < -0.3 is 5.11 Å². The van der Waals surface area contributed by atoms with Gasteiger partial charge in [0.15, 0.2) is 0 Å². The number of hydrogen-bond acceptors (Lipinski definition) is 1. The van der Waals surface area contributed by atoms with E-state index in [1.54, 1.807) is 13.8 Å². The molecule has 3 heteroatoms. The Morgan fingerprint density at radius 3 is 1.71 bits per heavy atom. The first-order chi connectivity index (χ1) is 2.64. The van der Waals surface area contributed by atoms with Gasteiger partial charge in [0.1, 0.15) is 0 Å². The third-order valence-electron chi connectivity index (χ3n) is 0.494. The van der Waals surface area contributed by atoms with Gasteiger partial charge in [0.2, 0.25) is 0 Å². The van der Waals surface area contributed by atoms with E-state index in [1.165, 1.54) is 0 Å². The smallest absolute Gasteiger partial charge is 0.305 e. The molecule has 1 radical (unpaired) electrons. The summed E-state index contributed by atoms with van der Waals surface area (Å²) in [4.78, 5) is 9.70. The van der Waals surface area contributed by atoms with Crippen LogP contribution in [0.1, 0.15) is 13.8 Å². The standard InChI is InChI=1S/C4H8O2.Y/c1-3(2)4(5)6;/h3H,1-2H3,(H,5,6);. The molecule has 0 aromatic rings. The van der Waals surface area contributed by atoms with Gasteiger partial charge in [-0.3, -0.25) is 4.79 Å². The molecule has 0 rings (SSSR count). The maximum Gasteiger partial charge on any atom is 0.305 e. The molecule has 0 aromatic heterocycles. The summed E-state index contributed by atoms with van der Waals surface area (Å²) in [6.07, 6.45) is 0. The van der Waals surface area contributed by atoms with Crippen molar-refractivity contribution in [2.45, 2.75) is 13.8 Å². The molecule has 2 nitrogen and oxygen atoms in total. The molecule has 0 saturated carbocycles. The molecule has 39 valence electrons. The molecular weight excluding hydrogens is 169 g/mol. The van der Waals surface area contributed by atoms with Gasteiger partial charge in [-0.05, 0) is 0 Å². The predicted octanol–water partition coefficient (Wildman–Crippen LogP) is 0.724. The van der Waals surface area contributed by atoms with Crippen molar-refractivity contribution in [2.24, 2.45) is 5.92 Å². The summed E-state index contributed by atoms with van der Waals surface area (Å²) >= 11 is 0. The second kappa shape index (κ2) is 4.73. The van der Waals surface area contributed by atoms with Gasteiger partial charge in [-0.1, -0.05) is 13.8 Å². The Bertz CT molecular complexity index is 60.7. The summed E-state index contributed by atoms with van der Waals surface area (Å²) < 4.78 is 0. The Balaban J connectivity index is 0. The molecule has 0 aliphatic rings. The van der Waals surface area contributed by atoms with Crippen LogP contribution in [0.15, 0.2) is 0 Å². The van der Waals surface area contributed by atoms with Crippen LogP contribution in [0.5, 0.6) is 0 Å². The second-order valence-corrected chi connectivity index (χ2v) is 1.49. The molecule has 0 amide bonds. The monoisotopic (exact) mass is 177 g/mol. The Morgan fingerprint density at radius 1 is 1.57 bits per heavy atom. The maximum atomic E-state index is 9.70. The average Bonchev–Trinajstić information content (AvgIpc) is 1.36. The molecular formula is C4H8O2Y. The van der Waals surface area contributed by atoms with E-state index in [0.29, 0.717) is 0 Å². The number of rotatable bonds is 1. The van der Waals surface area contributed by atoms with Crippen LogP contribution in [0, 0.1) is 5.92 Å². The van der Waals surface area contributed by atoms with Crippen molar-refractivity contribution in [1.29, 1.82) is 0 Å². The molecule has 0 bridgehead atoms. The molecule has 0 atom stereocenters. The van der Waals surface area contributed by atoms with Crippen molar-refractivity contribution in [3.8, 4) is 0 Å². The van der Waals surface area contributed by atoms with Crippen LogP contribution >= 0.6 is 0 Å². The minimum Gasteiger partial charge on any atom is -0.481 e. The third kappa shape index (κ3) is 6.57. The molecule has 7 heavy (non-hydrogen) atoms. The molecule has 1 N–H and O–H groups in total. The van der Waals surface area contributed by atoms with Crippen LogP contribution in [0.25, 0.3) is 0 Å². The van der Waals surface area contributed by atoms with Crippen LogP contribution in [0.3, 0.4) is 0 Å². The van der Waals surface area contributed by atoms with E-state index in [9.17, 15) is 4.79 Å². The van der Waals surface area contributed by atoms with Gasteiger partial charge in [-0.15, -0.1) is 0 Å². The number of carboxylic acids is 1. The molecule has 0 unspecified atom stereocenters. The summed E-state index contributed by atoms with van der Waals surface area (Å²) in [5.41, 5.74) is 0. The average molecular weight is 177 g/mol. The number of aliphatic carboxylic acids is 1. The largest absolute Gasteiger partial charge is 0.481 e. The van der Waals surface area contributed by atoms with E-state index in [-0.39, 0.29) is 38.6 Å². The number of hydrogen-bond donors (Lipinski definition) is 1. The summed E-state index contributed by atoms with van der Waals surface area (Å²) in [5.74, 6) is -0.972. The molecule has 0 heterocycles. The Labute approximate surface area is 68.2 Å². The van der Waals surface area contributed by atoms with E-state index in [1.807, 2.05) is 0 Å². The van der Waals surface area contributed by atoms with Crippen LogP contribution in [0.4, 0.5) is 0 Å². The quantitative estimate of drug-likeness (QED) is 0.640. The zero-order chi connectivity index (χ0) is 5.15. The van der Waals surface area contributed by atoms with Crippen LogP contribution in [-0.2, 0) is 37.5 Å². The fourth-order valence-electron chi connectivity index (χ4n) is 0. The van der Waals surface area contributed by atoms with Gasteiger partial charge >= 0.3 is 5.97 Å². The van der Waals surface area contributed by atoms with Crippen LogP contribution < -0.4 is 0 Å². The minimum atomic E-state index is -0.741. The van der Waals surface area contributed by atoms with Crippen molar-refractivity contribution in [3.63, 3.8) is 0 Å². The molecule has 0 aliphatic heterocycles. The van der Waals surface area contributed by atoms with Gasteiger partial charge in [-0.25, -0.2) is 0 Å². The molecule has 0 fully saturated rings. The van der Waals surface area contributed by atoms with Gasteiger partial charge in [0.25, 0.3) is 0 Å². The maximum absolute atomic E-state index is 9.70. The first-order valence-electron chi connectivity index (χ1n) is 1.87. The summed E-state index contributed by atoms with van der Waals surface area (Å²) in [5, 5.41) is 7.99. The SMILES string of the molecule is CC(C)C(=O)O.[Y]. The Morgan fingerprint density at radius 2 is 1.71 bits per heavy atom. The van der Waals surface area contributed by atoms with E-state index >= 15 is 0 Å². The van der Waals surface area contributed by atoms with Gasteiger partial charge in [0.05, 0.1) is 5.92 Å². The minimum absolute atomic E-state index is 0. The van der Waals surface area contributed by atoms with Crippen molar-refractivity contribution in [3.05, 3.63) is 0 Å². The molecule has 0 saturated heterocycles. The topological polar surface area (TPSA) is 37.3 Å². The van der Waals surface area contributed by atoms with E-state index < -0.39 is 5.97 Å². The number of carbonyl (C=O) groups is 1. The fraction of sp³-hybridized carbons (Fsp3) is 0.750. The molecule has 0 aliphatic carbocycles.